The van der Waals surface area contributed by atoms with Crippen molar-refractivity contribution in [2.75, 3.05) is 11.1 Å². The van der Waals surface area contributed by atoms with E-state index in [-0.39, 0.29) is 22.6 Å². The molecule has 0 radical (unpaired) electrons. The van der Waals surface area contributed by atoms with Crippen molar-refractivity contribution in [3.63, 3.8) is 0 Å². The number of nitrogens with one attached hydrogen (secondary N) is 2. The first-order chi connectivity index (χ1) is 12.8. The maximum Gasteiger partial charge on any atom is 0.252 e. The average molecular weight is 407 g/mol. The van der Waals surface area contributed by atoms with Crippen LogP contribution in [0.25, 0.3) is 10.2 Å². The lowest BCUT2D eigenvalue weighted by atomic mass is 10.2. The van der Waals surface area contributed by atoms with Crippen LogP contribution in [0.2, 0.25) is 0 Å². The van der Waals surface area contributed by atoms with Gasteiger partial charge in [0.1, 0.15) is 11.6 Å². The minimum atomic E-state index is -0.786. The summed E-state index contributed by atoms with van der Waals surface area (Å²) in [7, 11) is 0. The first-order valence-corrected chi connectivity index (χ1v) is 9.44. The number of anilines is 1. The van der Waals surface area contributed by atoms with Crippen molar-refractivity contribution in [2.24, 2.45) is 5.73 Å². The monoisotopic (exact) mass is 407 g/mol. The van der Waals surface area contributed by atoms with Crippen molar-refractivity contribution in [1.82, 2.24) is 4.98 Å². The molecule has 0 bridgehead atoms. The lowest BCUT2D eigenvalue weighted by Gasteiger charge is -2.06. The summed E-state index contributed by atoms with van der Waals surface area (Å²) in [5.74, 6) is -1.97. The van der Waals surface area contributed by atoms with E-state index in [2.05, 4.69) is 10.3 Å². The summed E-state index contributed by atoms with van der Waals surface area (Å²) in [5.41, 5.74) is 5.79. The molecule has 2 aromatic heterocycles. The quantitative estimate of drug-likeness (QED) is 0.484. The van der Waals surface area contributed by atoms with Gasteiger partial charge >= 0.3 is 0 Å². The first-order valence-electron chi connectivity index (χ1n) is 7.63. The predicted octanol–water partition coefficient (Wildman–Crippen LogP) is 2.57. The fourth-order valence-electron chi connectivity index (χ4n) is 2.38. The van der Waals surface area contributed by atoms with Crippen LogP contribution in [0.1, 0.15) is 15.9 Å². The number of thiophene rings is 1. The van der Waals surface area contributed by atoms with E-state index in [1.807, 2.05) is 0 Å². The molecule has 7 nitrogen and oxygen atoms in total. The van der Waals surface area contributed by atoms with E-state index in [9.17, 15) is 23.9 Å². The number of hydrogen-bond acceptors (Lipinski definition) is 6. The summed E-state index contributed by atoms with van der Waals surface area (Å²) in [5, 5.41) is 12.5. The number of benzene rings is 1. The van der Waals surface area contributed by atoms with Crippen LogP contribution in [0.4, 0.5) is 10.1 Å². The van der Waals surface area contributed by atoms with Crippen LogP contribution in [0, 0.1) is 12.7 Å². The minimum absolute atomic E-state index is 0.0437. The van der Waals surface area contributed by atoms with E-state index < -0.39 is 23.2 Å². The van der Waals surface area contributed by atoms with Crippen molar-refractivity contribution < 1.29 is 19.1 Å². The molecule has 0 fully saturated rings. The minimum Gasteiger partial charge on any atom is -0.506 e. The van der Waals surface area contributed by atoms with Crippen molar-refractivity contribution in [1.29, 1.82) is 0 Å². The first kappa shape index (κ1) is 18.9. The number of nitrogens with two attached hydrogens (primary N) is 1. The van der Waals surface area contributed by atoms with Gasteiger partial charge in [-0.05, 0) is 24.6 Å². The number of primary amides is 1. The number of carbonyl (C=O) groups is 2. The van der Waals surface area contributed by atoms with Gasteiger partial charge < -0.3 is 21.1 Å². The Labute approximate surface area is 160 Å². The van der Waals surface area contributed by atoms with Gasteiger partial charge in [-0.3, -0.25) is 14.4 Å². The van der Waals surface area contributed by atoms with E-state index in [4.69, 9.17) is 5.73 Å². The molecule has 0 aliphatic heterocycles. The molecular formula is C17H14FN3O4S2. The molecule has 0 saturated heterocycles. The smallest absolute Gasteiger partial charge is 0.252 e. The second kappa shape index (κ2) is 7.41. The summed E-state index contributed by atoms with van der Waals surface area (Å²) < 4.78 is 14.2. The van der Waals surface area contributed by atoms with E-state index >= 15 is 0 Å². The Morgan fingerprint density at radius 3 is 2.78 bits per heavy atom. The highest BCUT2D eigenvalue weighted by Gasteiger charge is 2.21. The topological polar surface area (TPSA) is 125 Å². The Bertz CT molecular complexity index is 1120. The van der Waals surface area contributed by atoms with Crippen molar-refractivity contribution in [3.05, 3.63) is 51.6 Å². The summed E-state index contributed by atoms with van der Waals surface area (Å²) in [6.45, 7) is 1.61. The zero-order valence-corrected chi connectivity index (χ0v) is 15.6. The molecule has 2 amide bonds. The number of carbonyl (C=O) groups excluding carboxylic acids is 2. The van der Waals surface area contributed by atoms with Crippen LogP contribution in [0.15, 0.2) is 33.3 Å². The molecule has 10 heteroatoms. The molecule has 3 rings (SSSR count). The standard InChI is InChI=1S/C17H14FN3O4S2/c1-7-2-3-8(4-9(7)18)20-12(24)6-26-17-13(16(19)25)14-15(27-17)10(22)5-11(23)21-14/h2-5H,6H2,1H3,(H2,19,25)(H,20,24)(H2,21,22,23). The Hall–Kier alpha value is -2.85. The van der Waals surface area contributed by atoms with Gasteiger partial charge in [0.2, 0.25) is 5.91 Å². The van der Waals surface area contributed by atoms with E-state index in [0.717, 1.165) is 29.2 Å². The van der Waals surface area contributed by atoms with Gasteiger partial charge in [-0.15, -0.1) is 23.1 Å². The van der Waals surface area contributed by atoms with E-state index in [1.165, 1.54) is 6.07 Å². The fourth-order valence-corrected chi connectivity index (χ4v) is 4.64. The zero-order valence-electron chi connectivity index (χ0n) is 14.0. The molecular weight excluding hydrogens is 393 g/mol. The molecule has 0 unspecified atom stereocenters. The Balaban J connectivity index is 1.82. The number of aromatic hydroxyl groups is 1. The number of aromatic nitrogens is 1. The Kier molecular flexibility index (Phi) is 5.19. The van der Waals surface area contributed by atoms with Crippen LogP contribution >= 0.6 is 23.1 Å². The summed E-state index contributed by atoms with van der Waals surface area (Å²) in [6.07, 6.45) is 0. The lowest BCUT2D eigenvalue weighted by molar-refractivity contribution is -0.113. The Morgan fingerprint density at radius 2 is 2.11 bits per heavy atom. The van der Waals surface area contributed by atoms with Gasteiger partial charge in [-0.25, -0.2) is 4.39 Å². The van der Waals surface area contributed by atoms with Crippen LogP contribution in [0.3, 0.4) is 0 Å². The molecule has 0 atom stereocenters. The van der Waals surface area contributed by atoms with Crippen LogP contribution in [-0.4, -0.2) is 27.7 Å². The Morgan fingerprint density at radius 1 is 1.37 bits per heavy atom. The second-order valence-electron chi connectivity index (χ2n) is 5.65. The molecule has 27 heavy (non-hydrogen) atoms. The van der Waals surface area contributed by atoms with Crippen LogP contribution in [-0.2, 0) is 4.79 Å². The van der Waals surface area contributed by atoms with Gasteiger partial charge in [-0.2, -0.15) is 0 Å². The highest BCUT2D eigenvalue weighted by atomic mass is 32.2. The number of thioether (sulfide) groups is 1. The maximum absolute atomic E-state index is 13.6. The second-order valence-corrected chi connectivity index (χ2v) is 7.92. The number of fused-ring (bicyclic) bond motifs is 1. The highest BCUT2D eigenvalue weighted by Crippen LogP contribution is 2.40. The molecule has 0 spiro atoms. The molecule has 5 N–H and O–H groups in total. The third kappa shape index (κ3) is 3.96. The number of pyridine rings is 1. The largest absolute Gasteiger partial charge is 0.506 e. The van der Waals surface area contributed by atoms with Crippen LogP contribution < -0.4 is 16.6 Å². The van der Waals surface area contributed by atoms with Crippen molar-refractivity contribution in [2.45, 2.75) is 11.1 Å². The number of H-pyrrole nitrogens is 1. The average Bonchev–Trinajstić information content (AvgIpc) is 2.95. The van der Waals surface area contributed by atoms with E-state index in [1.54, 1.807) is 19.1 Å². The lowest BCUT2D eigenvalue weighted by Crippen LogP contribution is -2.15. The molecule has 0 aliphatic carbocycles. The van der Waals surface area contributed by atoms with Gasteiger partial charge in [-0.1, -0.05) is 6.07 Å². The maximum atomic E-state index is 13.6. The van der Waals surface area contributed by atoms with Crippen molar-refractivity contribution in [3.8, 4) is 5.75 Å². The molecule has 0 saturated carbocycles. The summed E-state index contributed by atoms with van der Waals surface area (Å²) >= 11 is 2.07. The fraction of sp³-hybridized carbons (Fsp3) is 0.118. The molecule has 140 valence electrons. The number of hydrogen-bond donors (Lipinski definition) is 4. The number of aryl methyl sites for hydroxylation is 1. The van der Waals surface area contributed by atoms with E-state index in [0.29, 0.717) is 20.2 Å². The number of amides is 2. The van der Waals surface area contributed by atoms with Gasteiger partial charge in [0, 0.05) is 11.8 Å². The summed E-state index contributed by atoms with van der Waals surface area (Å²) in [6, 6.07) is 5.35. The summed E-state index contributed by atoms with van der Waals surface area (Å²) in [4.78, 5) is 37.9. The third-order valence-electron chi connectivity index (χ3n) is 3.66. The molecule has 1 aromatic carbocycles. The van der Waals surface area contributed by atoms with Gasteiger partial charge in [0.05, 0.1) is 25.7 Å². The van der Waals surface area contributed by atoms with Gasteiger partial charge in [0.15, 0.2) is 0 Å². The molecule has 2 heterocycles. The van der Waals surface area contributed by atoms with Crippen LogP contribution in [0.5, 0.6) is 5.75 Å². The normalized spacial score (nSPS) is 10.9. The SMILES string of the molecule is Cc1ccc(NC(=O)CSc2sc3c(O)cc(=O)[nH]c3c2C(N)=O)cc1F. The highest BCUT2D eigenvalue weighted by molar-refractivity contribution is 8.02. The van der Waals surface area contributed by atoms with Gasteiger partial charge in [0.25, 0.3) is 11.5 Å². The molecule has 3 aromatic rings. The predicted molar refractivity (Wildman–Crippen MR) is 103 cm³/mol. The van der Waals surface area contributed by atoms with Crippen molar-refractivity contribution >= 4 is 50.8 Å². The number of aromatic amines is 1. The zero-order chi connectivity index (χ0) is 19.7. The number of halogens is 1. The third-order valence-corrected chi connectivity index (χ3v) is 6.14. The molecule has 0 aliphatic rings. The number of rotatable bonds is 5.